The Balaban J connectivity index is 0.00000243. The number of hydrogen-bond acceptors (Lipinski definition) is 5. The first-order valence-electron chi connectivity index (χ1n) is 8.50. The third-order valence-electron chi connectivity index (χ3n) is 4.84. The molecule has 2 aliphatic rings. The van der Waals surface area contributed by atoms with Gasteiger partial charge in [0.05, 0.1) is 0 Å². The van der Waals surface area contributed by atoms with E-state index in [0.29, 0.717) is 18.4 Å². The number of carbonyl (C=O) groups is 3. The van der Waals surface area contributed by atoms with Gasteiger partial charge in [-0.05, 0) is 30.6 Å². The molecule has 1 aromatic carbocycles. The van der Waals surface area contributed by atoms with Crippen molar-refractivity contribution in [1.29, 1.82) is 0 Å². The average molecular weight is 377 g/mol. The number of aliphatic hydroxyl groups is 1. The van der Waals surface area contributed by atoms with Crippen LogP contribution in [0.4, 0.5) is 0 Å². The molecule has 2 aliphatic carbocycles. The zero-order valence-corrected chi connectivity index (χ0v) is 15.0. The molecule has 3 rings (SSSR count). The first kappa shape index (κ1) is 20.1. The molecule has 138 valence electrons. The van der Waals surface area contributed by atoms with E-state index in [9.17, 15) is 19.5 Å². The molecule has 0 amide bonds. The maximum Gasteiger partial charge on any atom is 0.348 e. The van der Waals surface area contributed by atoms with Gasteiger partial charge < -0.3 is 9.84 Å². The minimum atomic E-state index is -1.84. The van der Waals surface area contributed by atoms with Crippen LogP contribution in [0.15, 0.2) is 54.3 Å². The van der Waals surface area contributed by atoms with Crippen LogP contribution in [0.5, 0.6) is 0 Å². The first-order valence-corrected chi connectivity index (χ1v) is 8.50. The van der Waals surface area contributed by atoms with Gasteiger partial charge in [0.15, 0.2) is 17.1 Å². The normalized spacial score (nSPS) is 20.0. The van der Waals surface area contributed by atoms with Crippen molar-refractivity contribution >= 4 is 29.9 Å². The maximum atomic E-state index is 12.9. The lowest BCUT2D eigenvalue weighted by Crippen LogP contribution is -2.45. The lowest BCUT2D eigenvalue weighted by molar-refractivity contribution is -0.172. The largest absolute Gasteiger partial charge is 0.420 e. The molecular formula is C20H21ClO5. The maximum absolute atomic E-state index is 12.9. The van der Waals surface area contributed by atoms with Gasteiger partial charge in [-0.1, -0.05) is 49.6 Å². The van der Waals surface area contributed by atoms with Crippen LogP contribution in [0.2, 0.25) is 0 Å². The second-order valence-electron chi connectivity index (χ2n) is 6.47. The molecular weight excluding hydrogens is 356 g/mol. The molecule has 6 heteroatoms. The Hall–Kier alpha value is -2.24. The summed E-state index contributed by atoms with van der Waals surface area (Å²) in [6.45, 7) is 0. The van der Waals surface area contributed by atoms with Crippen LogP contribution in [-0.2, 0) is 24.7 Å². The minimum Gasteiger partial charge on any atom is -0.420 e. The summed E-state index contributed by atoms with van der Waals surface area (Å²) in [5, 5.41) is 11.3. The minimum absolute atomic E-state index is 0. The van der Waals surface area contributed by atoms with E-state index in [4.69, 9.17) is 4.74 Å². The zero-order valence-electron chi connectivity index (χ0n) is 14.2. The average Bonchev–Trinajstić information content (AvgIpc) is 2.65. The van der Waals surface area contributed by atoms with Gasteiger partial charge in [-0.2, -0.15) is 0 Å². The fraction of sp³-hybridized carbons (Fsp3) is 0.350. The molecule has 0 aromatic heterocycles. The van der Waals surface area contributed by atoms with Gasteiger partial charge in [-0.15, -0.1) is 12.4 Å². The molecule has 1 atom stereocenters. The number of ketones is 2. The second-order valence-corrected chi connectivity index (χ2v) is 6.47. The van der Waals surface area contributed by atoms with Crippen molar-refractivity contribution in [3.8, 4) is 0 Å². The fourth-order valence-corrected chi connectivity index (χ4v) is 3.48. The molecule has 5 nitrogen and oxygen atoms in total. The lowest BCUT2D eigenvalue weighted by Gasteiger charge is -2.36. The van der Waals surface area contributed by atoms with Crippen molar-refractivity contribution in [1.82, 2.24) is 0 Å². The summed E-state index contributed by atoms with van der Waals surface area (Å²) in [6.07, 6.45) is 7.48. The Kier molecular flexibility index (Phi) is 6.51. The third-order valence-corrected chi connectivity index (χ3v) is 4.84. The van der Waals surface area contributed by atoms with Crippen molar-refractivity contribution in [2.75, 3.05) is 0 Å². The van der Waals surface area contributed by atoms with Crippen LogP contribution in [-0.4, -0.2) is 22.6 Å². The molecule has 1 N–H and O–H groups in total. The summed E-state index contributed by atoms with van der Waals surface area (Å²) in [4.78, 5) is 36.2. The van der Waals surface area contributed by atoms with Crippen molar-refractivity contribution in [2.24, 2.45) is 5.92 Å². The van der Waals surface area contributed by atoms with Crippen molar-refractivity contribution in [3.05, 3.63) is 59.9 Å². The summed E-state index contributed by atoms with van der Waals surface area (Å²) in [5.41, 5.74) is -1.40. The van der Waals surface area contributed by atoms with Gasteiger partial charge in [0, 0.05) is 12.0 Å². The van der Waals surface area contributed by atoms with Gasteiger partial charge in [0.25, 0.3) is 0 Å². The number of allylic oxidation sites excluding steroid dienone is 3. The highest BCUT2D eigenvalue weighted by Gasteiger charge is 2.47. The summed E-state index contributed by atoms with van der Waals surface area (Å²) < 4.78 is 5.20. The smallest absolute Gasteiger partial charge is 0.348 e. The van der Waals surface area contributed by atoms with Crippen LogP contribution in [0.1, 0.15) is 37.7 Å². The Morgan fingerprint density at radius 2 is 1.69 bits per heavy atom. The molecule has 1 fully saturated rings. The quantitative estimate of drug-likeness (QED) is 0.645. The van der Waals surface area contributed by atoms with E-state index < -0.39 is 23.1 Å². The number of benzene rings is 1. The Morgan fingerprint density at radius 1 is 1.04 bits per heavy atom. The topological polar surface area (TPSA) is 80.7 Å². The zero-order chi connectivity index (χ0) is 17.9. The van der Waals surface area contributed by atoms with E-state index in [0.717, 1.165) is 37.5 Å². The van der Waals surface area contributed by atoms with Gasteiger partial charge >= 0.3 is 5.97 Å². The summed E-state index contributed by atoms with van der Waals surface area (Å²) in [7, 11) is 0. The molecule has 0 spiro atoms. The highest BCUT2D eigenvalue weighted by Crippen LogP contribution is 2.40. The number of halogens is 1. The van der Waals surface area contributed by atoms with E-state index in [-0.39, 0.29) is 24.1 Å². The fourth-order valence-electron chi connectivity index (χ4n) is 3.48. The van der Waals surface area contributed by atoms with Gasteiger partial charge in [-0.25, -0.2) is 4.79 Å². The molecule has 0 radical (unpaired) electrons. The van der Waals surface area contributed by atoms with E-state index >= 15 is 0 Å². The van der Waals surface area contributed by atoms with E-state index in [1.807, 2.05) is 0 Å². The molecule has 1 saturated carbocycles. The number of ether oxygens (including phenoxy) is 1. The molecule has 1 aromatic rings. The lowest BCUT2D eigenvalue weighted by atomic mass is 9.73. The number of carbonyl (C=O) groups excluding carboxylic acids is 3. The monoisotopic (exact) mass is 376 g/mol. The standard InChI is InChI=1S/C20H20O5.ClH/c21-16-11-12-17(22)18(13-16)25-19(23)20(24,14-7-3-1-4-8-14)15-9-5-2-6-10-15;/h1,3-4,7-8,11-13,15,24H,2,5-6,9-10H2;1H. The predicted octanol–water partition coefficient (Wildman–Crippen LogP) is 3.01. The Morgan fingerprint density at radius 3 is 2.35 bits per heavy atom. The summed E-state index contributed by atoms with van der Waals surface area (Å²) >= 11 is 0. The molecule has 26 heavy (non-hydrogen) atoms. The van der Waals surface area contributed by atoms with Gasteiger partial charge in [0.1, 0.15) is 0 Å². The Labute approximate surface area is 158 Å². The highest BCUT2D eigenvalue weighted by atomic mass is 35.5. The van der Waals surface area contributed by atoms with Crippen LogP contribution < -0.4 is 0 Å². The second kappa shape index (κ2) is 8.43. The highest BCUT2D eigenvalue weighted by molar-refractivity contribution is 6.17. The van der Waals surface area contributed by atoms with Crippen molar-refractivity contribution in [2.45, 2.75) is 37.7 Å². The van der Waals surface area contributed by atoms with Crippen molar-refractivity contribution < 1.29 is 24.2 Å². The van der Waals surface area contributed by atoms with E-state index in [2.05, 4.69) is 0 Å². The van der Waals surface area contributed by atoms with Crippen LogP contribution in [0.25, 0.3) is 0 Å². The van der Waals surface area contributed by atoms with Crippen LogP contribution in [0, 0.1) is 5.92 Å². The number of rotatable bonds is 4. The SMILES string of the molecule is Cl.O=C1C=CC(=O)C(OC(=O)C(O)(c2ccccc2)C2CCCCC2)=C1. The third kappa shape index (κ3) is 3.94. The molecule has 0 aliphatic heterocycles. The van der Waals surface area contributed by atoms with Gasteiger partial charge in [0.2, 0.25) is 5.78 Å². The molecule has 0 saturated heterocycles. The predicted molar refractivity (Wildman–Crippen MR) is 97.5 cm³/mol. The number of hydrogen-bond donors (Lipinski definition) is 1. The summed E-state index contributed by atoms with van der Waals surface area (Å²) in [5.74, 6) is -2.53. The number of esters is 1. The first-order chi connectivity index (χ1) is 12.0. The van der Waals surface area contributed by atoms with Crippen LogP contribution >= 0.6 is 12.4 Å². The van der Waals surface area contributed by atoms with E-state index in [1.54, 1.807) is 30.3 Å². The van der Waals surface area contributed by atoms with E-state index in [1.165, 1.54) is 0 Å². The molecule has 0 bridgehead atoms. The molecule has 0 heterocycles. The summed E-state index contributed by atoms with van der Waals surface area (Å²) in [6, 6.07) is 8.64. The van der Waals surface area contributed by atoms with Crippen molar-refractivity contribution in [3.63, 3.8) is 0 Å². The molecule has 1 unspecified atom stereocenters. The Bertz CT molecular complexity index is 747. The van der Waals surface area contributed by atoms with Crippen LogP contribution in [0.3, 0.4) is 0 Å². The van der Waals surface area contributed by atoms with Gasteiger partial charge in [-0.3, -0.25) is 9.59 Å².